The monoisotopic (exact) mass is 354 g/mol. The summed E-state index contributed by atoms with van der Waals surface area (Å²) >= 11 is 0. The second-order valence-corrected chi connectivity index (χ2v) is 8.99. The maximum atomic E-state index is 12.5. The van der Waals surface area contributed by atoms with Crippen LogP contribution in [0.1, 0.15) is 57.8 Å². The highest BCUT2D eigenvalue weighted by atomic mass is 32.2. The molecule has 24 heavy (non-hydrogen) atoms. The molecule has 136 valence electrons. The molecule has 0 aliphatic heterocycles. The highest BCUT2D eigenvalue weighted by molar-refractivity contribution is 7.89. The lowest BCUT2D eigenvalue weighted by atomic mass is 10.0. The fourth-order valence-corrected chi connectivity index (χ4v) is 3.62. The van der Waals surface area contributed by atoms with Crippen LogP contribution in [0.2, 0.25) is 0 Å². The molecule has 1 atom stereocenters. The molecule has 5 nitrogen and oxygen atoms in total. The van der Waals surface area contributed by atoms with Crippen molar-refractivity contribution in [3.63, 3.8) is 0 Å². The quantitative estimate of drug-likeness (QED) is 0.779. The molecule has 1 N–H and O–H groups in total. The van der Waals surface area contributed by atoms with Gasteiger partial charge in [-0.3, -0.25) is 4.79 Å². The van der Waals surface area contributed by atoms with E-state index in [2.05, 4.69) is 19.2 Å². The van der Waals surface area contributed by atoms with Gasteiger partial charge in [-0.2, -0.15) is 4.31 Å². The number of carbonyl (C=O) groups excluding carboxylic acids is 1. The number of carbonyl (C=O) groups is 1. The van der Waals surface area contributed by atoms with Gasteiger partial charge in [0.2, 0.25) is 10.0 Å². The van der Waals surface area contributed by atoms with Crippen LogP contribution in [0.3, 0.4) is 0 Å². The van der Waals surface area contributed by atoms with E-state index in [1.54, 1.807) is 19.2 Å². The van der Waals surface area contributed by atoms with Crippen LogP contribution in [-0.2, 0) is 10.0 Å². The molecule has 0 aliphatic carbocycles. The molecule has 1 amide bonds. The lowest BCUT2D eigenvalue weighted by Crippen LogP contribution is -2.34. The van der Waals surface area contributed by atoms with Gasteiger partial charge in [-0.15, -0.1) is 0 Å². The van der Waals surface area contributed by atoms with Crippen LogP contribution < -0.4 is 5.32 Å². The van der Waals surface area contributed by atoms with Gasteiger partial charge in [-0.1, -0.05) is 19.9 Å². The Hall–Kier alpha value is -1.40. The van der Waals surface area contributed by atoms with E-state index in [4.69, 9.17) is 0 Å². The molecule has 0 saturated heterocycles. The minimum atomic E-state index is -3.59. The molecule has 0 radical (unpaired) electrons. The van der Waals surface area contributed by atoms with Crippen molar-refractivity contribution in [1.29, 1.82) is 0 Å². The van der Waals surface area contributed by atoms with Crippen LogP contribution in [0.25, 0.3) is 0 Å². The Balaban J connectivity index is 2.90. The summed E-state index contributed by atoms with van der Waals surface area (Å²) in [5, 5.41) is 2.93. The molecule has 0 heterocycles. The minimum absolute atomic E-state index is 0.0542. The third kappa shape index (κ3) is 5.60. The van der Waals surface area contributed by atoms with Crippen molar-refractivity contribution in [1.82, 2.24) is 9.62 Å². The molecule has 0 bridgehead atoms. The molecule has 0 aromatic heterocycles. The summed E-state index contributed by atoms with van der Waals surface area (Å²) in [5.74, 6) is 0.347. The van der Waals surface area contributed by atoms with E-state index in [1.807, 2.05) is 20.8 Å². The average molecular weight is 355 g/mol. The summed E-state index contributed by atoms with van der Waals surface area (Å²) < 4.78 is 26.4. The number of sulfonamides is 1. The van der Waals surface area contributed by atoms with Crippen LogP contribution in [0.5, 0.6) is 0 Å². The standard InChI is InChI=1S/C18H30N2O3S/c1-13(2)10-11-15(5)19-18(21)16-8-7-9-17(12-16)24(22,23)20(6)14(3)4/h7-9,12-15H,10-11H2,1-6H3,(H,19,21). The second-order valence-electron chi connectivity index (χ2n) is 6.99. The highest BCUT2D eigenvalue weighted by Crippen LogP contribution is 2.18. The van der Waals surface area contributed by atoms with Gasteiger partial charge in [-0.05, 0) is 57.7 Å². The van der Waals surface area contributed by atoms with Gasteiger partial charge in [0.05, 0.1) is 4.90 Å². The molecule has 1 aromatic carbocycles. The van der Waals surface area contributed by atoms with Crippen LogP contribution in [0.15, 0.2) is 29.2 Å². The van der Waals surface area contributed by atoms with Gasteiger partial charge in [0.25, 0.3) is 5.91 Å². The fraction of sp³-hybridized carbons (Fsp3) is 0.611. The third-order valence-corrected chi connectivity index (χ3v) is 6.08. The first-order valence-electron chi connectivity index (χ1n) is 8.44. The predicted octanol–water partition coefficient (Wildman–Crippen LogP) is 3.27. The van der Waals surface area contributed by atoms with Gasteiger partial charge in [-0.25, -0.2) is 8.42 Å². The number of hydrogen-bond donors (Lipinski definition) is 1. The topological polar surface area (TPSA) is 66.5 Å². The lowest BCUT2D eigenvalue weighted by molar-refractivity contribution is 0.0937. The van der Waals surface area contributed by atoms with Crippen molar-refractivity contribution in [2.24, 2.45) is 5.92 Å². The lowest BCUT2D eigenvalue weighted by Gasteiger charge is -2.21. The Morgan fingerprint density at radius 2 is 1.75 bits per heavy atom. The summed E-state index contributed by atoms with van der Waals surface area (Å²) in [5.41, 5.74) is 0.365. The van der Waals surface area contributed by atoms with E-state index in [9.17, 15) is 13.2 Å². The zero-order valence-corrected chi connectivity index (χ0v) is 16.4. The third-order valence-electron chi connectivity index (χ3n) is 4.05. The van der Waals surface area contributed by atoms with Gasteiger partial charge in [0, 0.05) is 24.7 Å². The molecule has 0 fully saturated rings. The molecule has 6 heteroatoms. The van der Waals surface area contributed by atoms with Crippen molar-refractivity contribution in [2.45, 2.75) is 64.4 Å². The zero-order valence-electron chi connectivity index (χ0n) is 15.5. The minimum Gasteiger partial charge on any atom is -0.350 e. The number of rotatable bonds is 8. The fourth-order valence-electron chi connectivity index (χ4n) is 2.20. The second kappa shape index (κ2) is 8.62. The summed E-state index contributed by atoms with van der Waals surface area (Å²) in [6.07, 6.45) is 1.94. The number of amides is 1. The van der Waals surface area contributed by atoms with E-state index in [1.165, 1.54) is 16.4 Å². The maximum Gasteiger partial charge on any atom is 0.251 e. The first kappa shape index (κ1) is 20.6. The number of benzene rings is 1. The average Bonchev–Trinajstić information content (AvgIpc) is 2.52. The molecular formula is C18H30N2O3S. The molecule has 0 spiro atoms. The SMILES string of the molecule is CC(C)CCC(C)NC(=O)c1cccc(S(=O)(=O)N(C)C(C)C)c1. The normalized spacial score (nSPS) is 13.5. The number of nitrogens with zero attached hydrogens (tertiary/aromatic N) is 1. The van der Waals surface area contributed by atoms with Gasteiger partial charge in [0.1, 0.15) is 0 Å². The first-order chi connectivity index (χ1) is 11.1. The summed E-state index contributed by atoms with van der Waals surface area (Å²) in [7, 11) is -2.05. The van der Waals surface area contributed by atoms with Crippen LogP contribution >= 0.6 is 0 Å². The van der Waals surface area contributed by atoms with Crippen LogP contribution in [-0.4, -0.2) is 37.8 Å². The summed E-state index contributed by atoms with van der Waals surface area (Å²) in [4.78, 5) is 12.5. The van der Waals surface area contributed by atoms with E-state index in [0.717, 1.165) is 12.8 Å². The Morgan fingerprint density at radius 1 is 1.12 bits per heavy atom. The van der Waals surface area contributed by atoms with Crippen molar-refractivity contribution in [2.75, 3.05) is 7.05 Å². The number of nitrogens with one attached hydrogen (secondary N) is 1. The molecule has 0 aliphatic rings. The molecule has 1 aromatic rings. The van der Waals surface area contributed by atoms with Gasteiger partial charge in [0.15, 0.2) is 0 Å². The van der Waals surface area contributed by atoms with Crippen LogP contribution in [0.4, 0.5) is 0 Å². The van der Waals surface area contributed by atoms with Gasteiger partial charge < -0.3 is 5.32 Å². The molecule has 1 unspecified atom stereocenters. The highest BCUT2D eigenvalue weighted by Gasteiger charge is 2.24. The Labute approximate surface area is 146 Å². The van der Waals surface area contributed by atoms with Crippen LogP contribution in [0, 0.1) is 5.92 Å². The Bertz CT molecular complexity index is 654. The van der Waals surface area contributed by atoms with Crippen molar-refractivity contribution >= 4 is 15.9 Å². The number of hydrogen-bond acceptors (Lipinski definition) is 3. The zero-order chi connectivity index (χ0) is 18.5. The molecular weight excluding hydrogens is 324 g/mol. The summed E-state index contributed by atoms with van der Waals surface area (Å²) in [6.45, 7) is 9.88. The predicted molar refractivity (Wildman–Crippen MR) is 97.5 cm³/mol. The van der Waals surface area contributed by atoms with Crippen molar-refractivity contribution in [3.8, 4) is 0 Å². The summed E-state index contributed by atoms with van der Waals surface area (Å²) in [6, 6.07) is 6.11. The molecule has 1 rings (SSSR count). The van der Waals surface area contributed by atoms with Crippen molar-refractivity contribution in [3.05, 3.63) is 29.8 Å². The van der Waals surface area contributed by atoms with E-state index >= 15 is 0 Å². The Kier molecular flexibility index (Phi) is 7.42. The first-order valence-corrected chi connectivity index (χ1v) is 9.88. The smallest absolute Gasteiger partial charge is 0.251 e. The van der Waals surface area contributed by atoms with E-state index in [-0.39, 0.29) is 22.9 Å². The largest absolute Gasteiger partial charge is 0.350 e. The van der Waals surface area contributed by atoms with E-state index < -0.39 is 10.0 Å². The molecule has 0 saturated carbocycles. The van der Waals surface area contributed by atoms with Gasteiger partial charge >= 0.3 is 0 Å². The maximum absolute atomic E-state index is 12.5. The Morgan fingerprint density at radius 3 is 2.29 bits per heavy atom. The van der Waals surface area contributed by atoms with E-state index in [0.29, 0.717) is 11.5 Å². The van der Waals surface area contributed by atoms with Crippen molar-refractivity contribution < 1.29 is 13.2 Å².